The van der Waals surface area contributed by atoms with E-state index in [1.165, 1.54) is 0 Å². The lowest BCUT2D eigenvalue weighted by Gasteiger charge is -2.59. The van der Waals surface area contributed by atoms with E-state index in [1.807, 2.05) is 32.2 Å². The second kappa shape index (κ2) is 7.47. The number of nitrogens with two attached hydrogens (primary N) is 1. The first kappa shape index (κ1) is 20.7. The predicted octanol–water partition coefficient (Wildman–Crippen LogP) is 1.99. The van der Waals surface area contributed by atoms with Crippen LogP contribution in [0.1, 0.15) is 51.5 Å². The Labute approximate surface area is 184 Å². The highest BCUT2D eigenvalue weighted by molar-refractivity contribution is 5.88. The number of hydrogen-bond acceptors (Lipinski definition) is 5. The molecular weight excluding hydrogens is 392 g/mol. The van der Waals surface area contributed by atoms with Gasteiger partial charge in [0.25, 0.3) is 0 Å². The fourth-order valence-electron chi connectivity index (χ4n) is 6.76. The van der Waals surface area contributed by atoms with Gasteiger partial charge in [-0.05, 0) is 75.3 Å². The average molecular weight is 427 g/mol. The van der Waals surface area contributed by atoms with Crippen molar-refractivity contribution in [3.63, 3.8) is 0 Å². The predicted molar refractivity (Wildman–Crippen MR) is 117 cm³/mol. The lowest BCUT2D eigenvalue weighted by Crippen LogP contribution is -2.63. The Hall–Kier alpha value is -2.15. The molecule has 2 amide bonds. The van der Waals surface area contributed by atoms with E-state index in [0.717, 1.165) is 69.8 Å². The standard InChI is InChI=1S/C24H34N4O3/c1-23(2,18-3-4-19(26-14-18)28-5-7-31-8-6-28)22(30)27-20-16-9-15-10-17(20)13-24(11-15,12-16)21(25)29/h3-4,14-17,20H,5-13H2,1-2H3,(H2,25,29)(H,27,30). The van der Waals surface area contributed by atoms with Crippen molar-refractivity contribution in [2.75, 3.05) is 31.2 Å². The SMILES string of the molecule is CC(C)(C(=O)NC1C2CC3CC1CC(C(N)=O)(C3)C2)c1ccc(N2CCOCC2)nc1. The van der Waals surface area contributed by atoms with E-state index in [1.54, 1.807) is 0 Å². The summed E-state index contributed by atoms with van der Waals surface area (Å²) in [5.74, 6) is 2.15. The summed E-state index contributed by atoms with van der Waals surface area (Å²) in [7, 11) is 0. The smallest absolute Gasteiger partial charge is 0.230 e. The van der Waals surface area contributed by atoms with E-state index in [2.05, 4.69) is 15.2 Å². The number of morpholine rings is 1. The summed E-state index contributed by atoms with van der Waals surface area (Å²) in [6.07, 6.45) is 6.65. The molecule has 5 fully saturated rings. The summed E-state index contributed by atoms with van der Waals surface area (Å²) in [5, 5.41) is 3.39. The van der Waals surface area contributed by atoms with E-state index in [-0.39, 0.29) is 23.3 Å². The summed E-state index contributed by atoms with van der Waals surface area (Å²) in [6, 6.07) is 4.18. The van der Waals surface area contributed by atoms with Gasteiger partial charge >= 0.3 is 0 Å². The lowest BCUT2D eigenvalue weighted by molar-refractivity contribution is -0.148. The van der Waals surface area contributed by atoms with Gasteiger partial charge in [-0.25, -0.2) is 4.98 Å². The van der Waals surface area contributed by atoms with Crippen LogP contribution < -0.4 is 16.0 Å². The van der Waals surface area contributed by atoms with Crippen molar-refractivity contribution in [3.05, 3.63) is 23.9 Å². The largest absolute Gasteiger partial charge is 0.378 e. The van der Waals surface area contributed by atoms with Gasteiger partial charge in [-0.3, -0.25) is 9.59 Å². The minimum Gasteiger partial charge on any atom is -0.378 e. The van der Waals surface area contributed by atoms with Crippen LogP contribution in [0.25, 0.3) is 0 Å². The Morgan fingerprint density at radius 3 is 2.42 bits per heavy atom. The molecule has 4 bridgehead atoms. The van der Waals surface area contributed by atoms with E-state index >= 15 is 0 Å². The van der Waals surface area contributed by atoms with Gasteiger partial charge in [0.15, 0.2) is 0 Å². The fraction of sp³-hybridized carbons (Fsp3) is 0.708. The van der Waals surface area contributed by atoms with Crippen LogP contribution in [0.3, 0.4) is 0 Å². The van der Waals surface area contributed by atoms with Crippen molar-refractivity contribution in [2.24, 2.45) is 28.9 Å². The molecule has 0 spiro atoms. The summed E-state index contributed by atoms with van der Waals surface area (Å²) in [6.45, 7) is 7.06. The number of hydrogen-bond donors (Lipinski definition) is 2. The molecule has 2 atom stereocenters. The van der Waals surface area contributed by atoms with Crippen LogP contribution in [0, 0.1) is 23.2 Å². The Balaban J connectivity index is 1.28. The molecule has 0 aromatic carbocycles. The first-order valence-corrected chi connectivity index (χ1v) is 11.7. The molecule has 5 aliphatic rings. The summed E-state index contributed by atoms with van der Waals surface area (Å²) in [4.78, 5) is 32.4. The third kappa shape index (κ3) is 3.51. The second-order valence-electron chi connectivity index (χ2n) is 10.7. The van der Waals surface area contributed by atoms with Crippen LogP contribution in [0.15, 0.2) is 18.3 Å². The van der Waals surface area contributed by atoms with Crippen LogP contribution in [0.2, 0.25) is 0 Å². The Kier molecular flexibility index (Phi) is 5.00. The maximum absolute atomic E-state index is 13.4. The zero-order valence-corrected chi connectivity index (χ0v) is 18.6. The van der Waals surface area contributed by atoms with E-state index in [4.69, 9.17) is 10.5 Å². The molecule has 7 nitrogen and oxygen atoms in total. The van der Waals surface area contributed by atoms with Crippen molar-refractivity contribution in [1.29, 1.82) is 0 Å². The number of aromatic nitrogens is 1. The van der Waals surface area contributed by atoms with E-state index in [9.17, 15) is 9.59 Å². The number of rotatable bonds is 5. The lowest BCUT2D eigenvalue weighted by atomic mass is 9.47. The summed E-state index contributed by atoms with van der Waals surface area (Å²) in [5.41, 5.74) is 5.72. The highest BCUT2D eigenvalue weighted by Crippen LogP contribution is 2.60. The number of ether oxygens (including phenoxy) is 1. The van der Waals surface area contributed by atoms with Crippen molar-refractivity contribution >= 4 is 17.6 Å². The molecule has 0 radical (unpaired) electrons. The zero-order chi connectivity index (χ0) is 21.8. The molecule has 168 valence electrons. The number of primary amides is 1. The van der Waals surface area contributed by atoms with Crippen molar-refractivity contribution in [1.82, 2.24) is 10.3 Å². The number of pyridine rings is 1. The molecule has 6 rings (SSSR count). The molecule has 2 unspecified atom stereocenters. The third-order valence-corrected chi connectivity index (χ3v) is 8.47. The van der Waals surface area contributed by atoms with E-state index in [0.29, 0.717) is 17.8 Å². The van der Waals surface area contributed by atoms with Gasteiger partial charge in [-0.15, -0.1) is 0 Å². The molecule has 3 N–H and O–H groups in total. The Morgan fingerprint density at radius 2 is 1.84 bits per heavy atom. The molecule has 4 aliphatic carbocycles. The number of carbonyl (C=O) groups is 2. The van der Waals surface area contributed by atoms with Gasteiger partial charge in [0, 0.05) is 30.7 Å². The van der Waals surface area contributed by atoms with Crippen LogP contribution in [0.5, 0.6) is 0 Å². The highest BCUT2D eigenvalue weighted by atomic mass is 16.5. The normalized spacial score (nSPS) is 34.6. The molecule has 7 heteroatoms. The van der Waals surface area contributed by atoms with E-state index < -0.39 is 5.41 Å². The zero-order valence-electron chi connectivity index (χ0n) is 18.6. The van der Waals surface area contributed by atoms with Gasteiger partial charge in [0.2, 0.25) is 11.8 Å². The topological polar surface area (TPSA) is 97.5 Å². The molecule has 31 heavy (non-hydrogen) atoms. The molecule has 1 saturated heterocycles. The Morgan fingerprint density at radius 1 is 1.16 bits per heavy atom. The second-order valence-corrected chi connectivity index (χ2v) is 10.7. The maximum Gasteiger partial charge on any atom is 0.230 e. The maximum atomic E-state index is 13.4. The van der Waals surface area contributed by atoms with Gasteiger partial charge in [-0.1, -0.05) is 6.07 Å². The molecule has 1 aromatic rings. The number of nitrogens with zero attached hydrogens (tertiary/aromatic N) is 2. The molecule has 1 aromatic heterocycles. The monoisotopic (exact) mass is 426 g/mol. The molecule has 2 heterocycles. The molecule has 1 aliphatic heterocycles. The van der Waals surface area contributed by atoms with Gasteiger partial charge in [0.05, 0.1) is 18.6 Å². The quantitative estimate of drug-likeness (QED) is 0.750. The first-order chi connectivity index (χ1) is 14.8. The summed E-state index contributed by atoms with van der Waals surface area (Å²) >= 11 is 0. The van der Waals surface area contributed by atoms with Crippen LogP contribution >= 0.6 is 0 Å². The Bertz CT molecular complexity index is 846. The third-order valence-electron chi connectivity index (χ3n) is 8.47. The minimum absolute atomic E-state index is 0.0408. The fourth-order valence-corrected chi connectivity index (χ4v) is 6.76. The average Bonchev–Trinajstić information content (AvgIpc) is 2.76. The van der Waals surface area contributed by atoms with Gasteiger partial charge in [0.1, 0.15) is 5.82 Å². The number of carbonyl (C=O) groups excluding carboxylic acids is 2. The van der Waals surface area contributed by atoms with Crippen molar-refractivity contribution in [3.8, 4) is 0 Å². The van der Waals surface area contributed by atoms with Gasteiger partial charge < -0.3 is 20.7 Å². The minimum atomic E-state index is -0.674. The van der Waals surface area contributed by atoms with Crippen LogP contribution in [-0.2, 0) is 19.7 Å². The first-order valence-electron chi connectivity index (χ1n) is 11.7. The number of anilines is 1. The highest BCUT2D eigenvalue weighted by Gasteiger charge is 2.58. The van der Waals surface area contributed by atoms with Crippen LogP contribution in [-0.4, -0.2) is 49.1 Å². The molecular formula is C24H34N4O3. The van der Waals surface area contributed by atoms with Crippen molar-refractivity contribution < 1.29 is 14.3 Å². The molecule has 4 saturated carbocycles. The van der Waals surface area contributed by atoms with Crippen molar-refractivity contribution in [2.45, 2.75) is 57.4 Å². The number of nitrogens with one attached hydrogen (secondary N) is 1. The summed E-state index contributed by atoms with van der Waals surface area (Å²) < 4.78 is 5.41. The number of amides is 2. The van der Waals surface area contributed by atoms with Gasteiger partial charge in [-0.2, -0.15) is 0 Å². The van der Waals surface area contributed by atoms with Crippen LogP contribution in [0.4, 0.5) is 5.82 Å².